The summed E-state index contributed by atoms with van der Waals surface area (Å²) in [6.45, 7) is 4.00. The van der Waals surface area contributed by atoms with Gasteiger partial charge in [-0.25, -0.2) is 9.97 Å². The standard InChI is InChI=1S/C23H22BN6O3/c1-14-6-19(21(33)29(3)10-14)28-22-26-5-4-18(27-22)15-7-16(9-25)20-17(8-15)23(2,12-31)11-30(20)24-13-32/h4-8,10,13,31H,11-12H2,1-3H3,(H,26,27,28)/t23-/m1/s1. The molecular formula is C23H22BN6O3. The lowest BCUT2D eigenvalue weighted by Gasteiger charge is -2.23. The fraction of sp³-hybridized carbons (Fsp3) is 0.261. The number of aliphatic hydroxyl groups is 1. The van der Waals surface area contributed by atoms with Crippen LogP contribution in [0.15, 0.2) is 41.5 Å². The normalized spacial score (nSPS) is 16.8. The Labute approximate surface area is 191 Å². The van der Waals surface area contributed by atoms with Gasteiger partial charge in [0.25, 0.3) is 5.56 Å². The minimum atomic E-state index is -0.654. The SMILES string of the molecule is Cc1cc(Nc2nccc(-c3cc(C#N)c4c(c3)[C@@](C)(CO)CN4[B]C=O)n2)c(=O)n(C)c1. The summed E-state index contributed by atoms with van der Waals surface area (Å²) in [5.74, 6) is 0.245. The Hall–Kier alpha value is -3.97. The van der Waals surface area contributed by atoms with Gasteiger partial charge < -0.3 is 24.6 Å². The molecule has 0 saturated carbocycles. The number of carbonyl (C=O) groups excluding carboxylic acids is 1. The summed E-state index contributed by atoms with van der Waals surface area (Å²) in [5.41, 5.74) is 3.37. The van der Waals surface area contributed by atoms with Crippen LogP contribution in [-0.2, 0) is 17.3 Å². The van der Waals surface area contributed by atoms with Crippen molar-refractivity contribution in [2.45, 2.75) is 19.3 Å². The maximum absolute atomic E-state index is 12.4. The summed E-state index contributed by atoms with van der Waals surface area (Å²) in [4.78, 5) is 34.0. The quantitative estimate of drug-likeness (QED) is 0.437. The zero-order chi connectivity index (χ0) is 23.8. The summed E-state index contributed by atoms with van der Waals surface area (Å²) < 4.78 is 1.49. The molecule has 3 heterocycles. The fourth-order valence-corrected chi connectivity index (χ4v) is 4.18. The number of hydrogen-bond acceptors (Lipinski definition) is 8. The molecule has 0 aliphatic carbocycles. The number of nitrogens with one attached hydrogen (secondary N) is 1. The highest BCUT2D eigenvalue weighted by Gasteiger charge is 2.40. The molecule has 0 bridgehead atoms. The summed E-state index contributed by atoms with van der Waals surface area (Å²) in [5, 5.41) is 22.9. The van der Waals surface area contributed by atoms with E-state index in [2.05, 4.69) is 21.4 Å². The molecule has 2 N–H and O–H groups in total. The van der Waals surface area contributed by atoms with Gasteiger partial charge in [0.05, 0.1) is 17.9 Å². The molecule has 0 spiro atoms. The van der Waals surface area contributed by atoms with E-state index in [1.807, 2.05) is 19.9 Å². The number of rotatable bonds is 6. The third-order valence-corrected chi connectivity index (χ3v) is 5.79. The van der Waals surface area contributed by atoms with Gasteiger partial charge in [0.2, 0.25) is 5.95 Å². The minimum Gasteiger partial charge on any atom is -0.410 e. The highest BCUT2D eigenvalue weighted by molar-refractivity contribution is 6.70. The lowest BCUT2D eigenvalue weighted by atomic mass is 9.83. The van der Waals surface area contributed by atoms with Gasteiger partial charge >= 0.3 is 7.41 Å². The first-order valence-electron chi connectivity index (χ1n) is 10.3. The second kappa shape index (κ2) is 8.52. The first-order chi connectivity index (χ1) is 15.8. The highest BCUT2D eigenvalue weighted by Crippen LogP contribution is 2.44. The Morgan fingerprint density at radius 3 is 2.88 bits per heavy atom. The van der Waals surface area contributed by atoms with Crippen molar-refractivity contribution in [2.24, 2.45) is 7.05 Å². The van der Waals surface area contributed by atoms with E-state index in [9.17, 15) is 20.0 Å². The van der Waals surface area contributed by atoms with E-state index in [1.54, 1.807) is 42.5 Å². The first kappa shape index (κ1) is 22.2. The predicted octanol–water partition coefficient (Wildman–Crippen LogP) is 1.65. The minimum absolute atomic E-state index is 0.148. The van der Waals surface area contributed by atoms with Gasteiger partial charge in [-0.15, -0.1) is 0 Å². The van der Waals surface area contributed by atoms with E-state index in [0.29, 0.717) is 40.9 Å². The van der Waals surface area contributed by atoms with Gasteiger partial charge in [-0.05, 0) is 42.3 Å². The fourth-order valence-electron chi connectivity index (χ4n) is 4.18. The van der Waals surface area contributed by atoms with Gasteiger partial charge in [-0.3, -0.25) is 4.79 Å². The lowest BCUT2D eigenvalue weighted by Crippen LogP contribution is -2.36. The molecule has 9 nitrogen and oxygen atoms in total. The van der Waals surface area contributed by atoms with Crippen LogP contribution in [0, 0.1) is 18.3 Å². The zero-order valence-electron chi connectivity index (χ0n) is 18.5. The molecule has 1 atom stereocenters. The van der Waals surface area contributed by atoms with Crippen molar-refractivity contribution in [3.05, 3.63) is 63.7 Å². The molecule has 1 aromatic carbocycles. The number of nitrogens with zero attached hydrogens (tertiary/aromatic N) is 5. The molecule has 1 radical (unpaired) electrons. The number of pyridine rings is 1. The molecule has 165 valence electrons. The molecule has 10 heteroatoms. The average molecular weight is 441 g/mol. The molecule has 0 unspecified atom stereocenters. The van der Waals surface area contributed by atoms with Gasteiger partial charge in [0.1, 0.15) is 17.9 Å². The maximum Gasteiger partial charge on any atom is 0.329 e. The van der Waals surface area contributed by atoms with Crippen molar-refractivity contribution in [2.75, 3.05) is 23.3 Å². The van der Waals surface area contributed by atoms with Crippen molar-refractivity contribution in [3.8, 4) is 17.3 Å². The molecule has 4 rings (SSSR count). The molecule has 0 amide bonds. The second-order valence-corrected chi connectivity index (χ2v) is 8.40. The Kier molecular flexibility index (Phi) is 5.74. The van der Waals surface area contributed by atoms with E-state index >= 15 is 0 Å². The van der Waals surface area contributed by atoms with Gasteiger partial charge in [0, 0.05) is 42.7 Å². The van der Waals surface area contributed by atoms with Crippen LogP contribution >= 0.6 is 0 Å². The summed E-state index contributed by atoms with van der Waals surface area (Å²) >= 11 is 0. The van der Waals surface area contributed by atoms with Crippen LogP contribution in [0.4, 0.5) is 17.3 Å². The van der Waals surface area contributed by atoms with Crippen LogP contribution in [0.25, 0.3) is 11.3 Å². The Bertz CT molecular complexity index is 1350. The zero-order valence-corrected chi connectivity index (χ0v) is 18.5. The van der Waals surface area contributed by atoms with Crippen molar-refractivity contribution in [1.82, 2.24) is 14.5 Å². The number of benzene rings is 1. The molecule has 0 saturated heterocycles. The van der Waals surface area contributed by atoms with E-state index in [1.165, 1.54) is 12.0 Å². The van der Waals surface area contributed by atoms with Crippen LogP contribution in [0.3, 0.4) is 0 Å². The topological polar surface area (TPSA) is 124 Å². The number of anilines is 3. The molecule has 1 aliphatic rings. The highest BCUT2D eigenvalue weighted by atomic mass is 16.3. The van der Waals surface area contributed by atoms with Gasteiger partial charge in [-0.1, -0.05) is 6.92 Å². The monoisotopic (exact) mass is 441 g/mol. The Morgan fingerprint density at radius 1 is 1.39 bits per heavy atom. The van der Waals surface area contributed by atoms with Crippen LogP contribution in [0.5, 0.6) is 0 Å². The second-order valence-electron chi connectivity index (χ2n) is 8.40. The number of fused-ring (bicyclic) bond motifs is 1. The summed E-state index contributed by atoms with van der Waals surface area (Å²) in [7, 11) is 3.05. The van der Waals surface area contributed by atoms with Crippen LogP contribution in [0.1, 0.15) is 23.6 Å². The summed E-state index contributed by atoms with van der Waals surface area (Å²) in [6, 6.07) is 9.22. The van der Waals surface area contributed by atoms with Gasteiger partial charge in [-0.2, -0.15) is 5.26 Å². The molecule has 0 fully saturated rings. The largest absolute Gasteiger partial charge is 0.410 e. The number of aryl methyl sites for hydroxylation is 2. The molecular weight excluding hydrogens is 419 g/mol. The average Bonchev–Trinajstić information content (AvgIpc) is 3.09. The third kappa shape index (κ3) is 3.99. The number of nitriles is 1. The number of aliphatic hydroxyl groups excluding tert-OH is 1. The predicted molar refractivity (Wildman–Crippen MR) is 126 cm³/mol. The lowest BCUT2D eigenvalue weighted by molar-refractivity contribution is 0.217. The Morgan fingerprint density at radius 2 is 2.18 bits per heavy atom. The van der Waals surface area contributed by atoms with Crippen LogP contribution in [0.2, 0.25) is 0 Å². The summed E-state index contributed by atoms with van der Waals surface area (Å²) in [6.07, 6.45) is 3.98. The Balaban J connectivity index is 1.79. The van der Waals surface area contributed by atoms with Crippen molar-refractivity contribution in [1.29, 1.82) is 5.26 Å². The van der Waals surface area contributed by atoms with Crippen LogP contribution < -0.4 is 15.7 Å². The smallest absolute Gasteiger partial charge is 0.329 e. The maximum atomic E-state index is 12.4. The third-order valence-electron chi connectivity index (χ3n) is 5.79. The van der Waals surface area contributed by atoms with E-state index in [-0.39, 0.29) is 18.1 Å². The molecule has 1 aliphatic heterocycles. The van der Waals surface area contributed by atoms with E-state index in [0.717, 1.165) is 11.1 Å². The van der Waals surface area contributed by atoms with E-state index < -0.39 is 5.41 Å². The number of aromatic nitrogens is 3. The number of hydrogen-bond donors (Lipinski definition) is 2. The van der Waals surface area contributed by atoms with Crippen molar-refractivity contribution >= 4 is 30.9 Å². The van der Waals surface area contributed by atoms with Crippen LogP contribution in [-0.4, -0.2) is 46.4 Å². The first-order valence-corrected chi connectivity index (χ1v) is 10.3. The van der Waals surface area contributed by atoms with Crippen molar-refractivity contribution < 1.29 is 9.90 Å². The molecule has 3 aromatic rings. The van der Waals surface area contributed by atoms with E-state index in [4.69, 9.17) is 0 Å². The van der Waals surface area contributed by atoms with Crippen molar-refractivity contribution in [3.63, 3.8) is 0 Å². The van der Waals surface area contributed by atoms with Gasteiger partial charge in [0.15, 0.2) is 0 Å². The molecule has 33 heavy (non-hydrogen) atoms. The number of carbonyl (C=O) groups is 1. The molecule has 2 aromatic heterocycles.